The van der Waals surface area contributed by atoms with Crippen LogP contribution < -0.4 is 11.1 Å². The molecule has 4 N–H and O–H groups in total. The Morgan fingerprint density at radius 2 is 2.17 bits per heavy atom. The summed E-state index contributed by atoms with van der Waals surface area (Å²) in [6, 6.07) is 5.86. The van der Waals surface area contributed by atoms with Crippen LogP contribution in [0.4, 0.5) is 0 Å². The van der Waals surface area contributed by atoms with E-state index < -0.39 is 5.79 Å². The van der Waals surface area contributed by atoms with Gasteiger partial charge in [-0.3, -0.25) is 4.79 Å². The highest BCUT2D eigenvalue weighted by molar-refractivity contribution is 6.06. The maximum Gasteiger partial charge on any atom is 0.253 e. The molecule has 0 atom stereocenters. The lowest BCUT2D eigenvalue weighted by Gasteiger charge is -2.31. The molecule has 0 unspecified atom stereocenters. The molecule has 2 heterocycles. The van der Waals surface area contributed by atoms with Gasteiger partial charge >= 0.3 is 0 Å². The van der Waals surface area contributed by atoms with E-state index in [4.69, 9.17) is 15.2 Å². The Morgan fingerprint density at radius 3 is 2.96 bits per heavy atom. The van der Waals surface area contributed by atoms with Crippen molar-refractivity contribution in [1.29, 1.82) is 0 Å². The number of carbonyl (C=O) groups is 1. The number of aryl methyl sites for hydroxylation is 1. The van der Waals surface area contributed by atoms with E-state index in [9.17, 15) is 4.79 Å². The molecule has 4 rings (SSSR count). The molecule has 0 saturated carbocycles. The van der Waals surface area contributed by atoms with Crippen molar-refractivity contribution in [3.05, 3.63) is 35.0 Å². The molecule has 2 aromatic rings. The fraction of sp³-hybridized carbons (Fsp3) is 0.500. The molecule has 0 radical (unpaired) electrons. The van der Waals surface area contributed by atoms with Crippen LogP contribution in [-0.2, 0) is 22.3 Å². The molecule has 1 aliphatic carbocycles. The van der Waals surface area contributed by atoms with Gasteiger partial charge in [0.05, 0.1) is 24.3 Å². The highest BCUT2D eigenvalue weighted by atomic mass is 16.7. The second-order valence-corrected chi connectivity index (χ2v) is 6.49. The zero-order valence-electron chi connectivity index (χ0n) is 13.7. The predicted octanol–water partition coefficient (Wildman–Crippen LogP) is 1.48. The first kappa shape index (κ1) is 15.6. The Bertz CT molecular complexity index is 762. The van der Waals surface area contributed by atoms with Crippen molar-refractivity contribution in [1.82, 2.24) is 10.3 Å². The van der Waals surface area contributed by atoms with Gasteiger partial charge < -0.3 is 25.5 Å². The van der Waals surface area contributed by atoms with Crippen molar-refractivity contribution < 1.29 is 14.3 Å². The average molecular weight is 329 g/mol. The van der Waals surface area contributed by atoms with Gasteiger partial charge in [0, 0.05) is 30.5 Å². The highest BCUT2D eigenvalue weighted by Crippen LogP contribution is 2.39. The van der Waals surface area contributed by atoms with Crippen molar-refractivity contribution >= 4 is 16.8 Å². The number of aromatic nitrogens is 1. The van der Waals surface area contributed by atoms with Crippen LogP contribution >= 0.6 is 0 Å². The summed E-state index contributed by atoms with van der Waals surface area (Å²) in [5.41, 5.74) is 9.48. The van der Waals surface area contributed by atoms with Gasteiger partial charge in [-0.2, -0.15) is 0 Å². The standard InChI is InChI=1S/C18H23N3O3/c19-7-2-8-20-17(22)13-4-1-3-12-14-11-18(23-9-10-24-18)6-5-15(14)21-16(12)13/h1,3-4,21H,2,5-11,19H2,(H,20,22). The van der Waals surface area contributed by atoms with Crippen LogP contribution in [0.3, 0.4) is 0 Å². The highest BCUT2D eigenvalue weighted by Gasteiger charge is 2.41. The van der Waals surface area contributed by atoms with Crippen LogP contribution in [0.15, 0.2) is 18.2 Å². The lowest BCUT2D eigenvalue weighted by molar-refractivity contribution is -0.163. The molecule has 1 spiro atoms. The molecule has 1 aliphatic heterocycles. The van der Waals surface area contributed by atoms with E-state index in [0.717, 1.165) is 36.6 Å². The van der Waals surface area contributed by atoms with E-state index in [1.807, 2.05) is 12.1 Å². The average Bonchev–Trinajstić information content (AvgIpc) is 3.19. The van der Waals surface area contributed by atoms with Crippen LogP contribution in [0, 0.1) is 0 Å². The molecule has 1 fully saturated rings. The summed E-state index contributed by atoms with van der Waals surface area (Å²) < 4.78 is 11.7. The van der Waals surface area contributed by atoms with E-state index in [-0.39, 0.29) is 5.91 Å². The molecule has 0 bridgehead atoms. The number of para-hydroxylation sites is 1. The maximum atomic E-state index is 12.5. The monoisotopic (exact) mass is 329 g/mol. The molecule has 6 heteroatoms. The molecule has 1 aromatic carbocycles. The van der Waals surface area contributed by atoms with Crippen molar-refractivity contribution in [2.24, 2.45) is 5.73 Å². The summed E-state index contributed by atoms with van der Waals surface area (Å²) in [7, 11) is 0. The number of fused-ring (bicyclic) bond motifs is 3. The number of rotatable bonds is 4. The Kier molecular flexibility index (Phi) is 4.04. The number of aromatic amines is 1. The summed E-state index contributed by atoms with van der Waals surface area (Å²) in [5, 5.41) is 4.02. The molecule has 24 heavy (non-hydrogen) atoms. The zero-order chi connectivity index (χ0) is 16.6. The smallest absolute Gasteiger partial charge is 0.253 e. The number of amides is 1. The normalized spacial score (nSPS) is 18.9. The minimum Gasteiger partial charge on any atom is -0.357 e. The molecular formula is C18H23N3O3. The number of ether oxygens (including phenoxy) is 2. The number of nitrogens with one attached hydrogen (secondary N) is 2. The second kappa shape index (κ2) is 6.20. The predicted molar refractivity (Wildman–Crippen MR) is 91.0 cm³/mol. The van der Waals surface area contributed by atoms with Crippen LogP contribution in [-0.4, -0.2) is 43.0 Å². The van der Waals surface area contributed by atoms with Crippen LogP contribution in [0.5, 0.6) is 0 Å². The molecule has 1 saturated heterocycles. The van der Waals surface area contributed by atoms with Crippen molar-refractivity contribution in [2.75, 3.05) is 26.3 Å². The third kappa shape index (κ3) is 2.60. The second-order valence-electron chi connectivity index (χ2n) is 6.49. The molecular weight excluding hydrogens is 306 g/mol. The summed E-state index contributed by atoms with van der Waals surface area (Å²) in [5.74, 6) is -0.530. The SMILES string of the molecule is NCCCNC(=O)c1cccc2c3c([nH]c12)CCC1(C3)OCCO1. The number of hydrogen-bond donors (Lipinski definition) is 3. The number of nitrogens with two attached hydrogens (primary N) is 1. The van der Waals surface area contributed by atoms with E-state index in [1.165, 1.54) is 11.3 Å². The van der Waals surface area contributed by atoms with Crippen molar-refractivity contribution in [3.8, 4) is 0 Å². The van der Waals surface area contributed by atoms with Gasteiger partial charge in [-0.1, -0.05) is 12.1 Å². The van der Waals surface area contributed by atoms with E-state index in [0.29, 0.717) is 31.9 Å². The quantitative estimate of drug-likeness (QED) is 0.741. The third-order valence-corrected chi connectivity index (χ3v) is 4.96. The van der Waals surface area contributed by atoms with Crippen LogP contribution in [0.2, 0.25) is 0 Å². The third-order valence-electron chi connectivity index (χ3n) is 4.96. The van der Waals surface area contributed by atoms with Gasteiger partial charge in [-0.05, 0) is 31.0 Å². The van der Waals surface area contributed by atoms with E-state index in [2.05, 4.69) is 16.4 Å². The minimum atomic E-state index is -0.471. The van der Waals surface area contributed by atoms with Gasteiger partial charge in [0.15, 0.2) is 5.79 Å². The Balaban J connectivity index is 1.67. The van der Waals surface area contributed by atoms with Crippen LogP contribution in [0.25, 0.3) is 10.9 Å². The minimum absolute atomic E-state index is 0.0595. The van der Waals surface area contributed by atoms with Gasteiger partial charge in [0.1, 0.15) is 0 Å². The molecule has 128 valence electrons. The molecule has 1 aromatic heterocycles. The lowest BCUT2D eigenvalue weighted by atomic mass is 9.90. The Labute approximate surface area is 140 Å². The number of benzene rings is 1. The molecule has 6 nitrogen and oxygen atoms in total. The van der Waals surface area contributed by atoms with E-state index in [1.54, 1.807) is 0 Å². The summed E-state index contributed by atoms with van der Waals surface area (Å²) in [6.07, 6.45) is 3.24. The number of H-pyrrole nitrogens is 1. The topological polar surface area (TPSA) is 89.4 Å². The van der Waals surface area contributed by atoms with E-state index >= 15 is 0 Å². The largest absolute Gasteiger partial charge is 0.357 e. The fourth-order valence-corrected chi connectivity index (χ4v) is 3.75. The summed E-state index contributed by atoms with van der Waals surface area (Å²) >= 11 is 0. The Hall–Kier alpha value is -1.89. The Morgan fingerprint density at radius 1 is 1.33 bits per heavy atom. The van der Waals surface area contributed by atoms with Crippen molar-refractivity contribution in [3.63, 3.8) is 0 Å². The number of hydrogen-bond acceptors (Lipinski definition) is 4. The first-order chi connectivity index (χ1) is 11.7. The van der Waals surface area contributed by atoms with Crippen LogP contribution in [0.1, 0.15) is 34.5 Å². The first-order valence-electron chi connectivity index (χ1n) is 8.61. The van der Waals surface area contributed by atoms with Gasteiger partial charge in [0.25, 0.3) is 5.91 Å². The zero-order valence-corrected chi connectivity index (χ0v) is 13.7. The lowest BCUT2D eigenvalue weighted by Crippen LogP contribution is -2.36. The fourth-order valence-electron chi connectivity index (χ4n) is 3.75. The molecule has 2 aliphatic rings. The van der Waals surface area contributed by atoms with Gasteiger partial charge in [-0.15, -0.1) is 0 Å². The maximum absolute atomic E-state index is 12.5. The van der Waals surface area contributed by atoms with Gasteiger partial charge in [0.2, 0.25) is 0 Å². The van der Waals surface area contributed by atoms with Crippen molar-refractivity contribution in [2.45, 2.75) is 31.5 Å². The summed E-state index contributed by atoms with van der Waals surface area (Å²) in [4.78, 5) is 15.9. The number of carbonyl (C=O) groups excluding carboxylic acids is 1. The first-order valence-corrected chi connectivity index (χ1v) is 8.61. The molecule has 1 amide bonds. The summed E-state index contributed by atoms with van der Waals surface area (Å²) in [6.45, 7) is 2.49. The van der Waals surface area contributed by atoms with Gasteiger partial charge in [-0.25, -0.2) is 0 Å².